The molecule has 0 bridgehead atoms. The second-order valence-electron chi connectivity index (χ2n) is 5.74. The summed E-state index contributed by atoms with van der Waals surface area (Å²) in [4.78, 5) is 6.95. The lowest BCUT2D eigenvalue weighted by atomic mass is 9.99. The third kappa shape index (κ3) is 3.10. The van der Waals surface area contributed by atoms with Crippen LogP contribution in [0.5, 0.6) is 0 Å². The quantitative estimate of drug-likeness (QED) is 0.849. The smallest absolute Gasteiger partial charge is 0.0758 e. The molecule has 1 aromatic heterocycles. The first kappa shape index (κ1) is 14.8. The molecule has 20 heavy (non-hydrogen) atoms. The van der Waals surface area contributed by atoms with Gasteiger partial charge in [0.25, 0.3) is 0 Å². The van der Waals surface area contributed by atoms with Gasteiger partial charge in [-0.2, -0.15) is 0 Å². The van der Waals surface area contributed by atoms with Crippen LogP contribution in [0.1, 0.15) is 29.7 Å². The van der Waals surface area contributed by atoms with E-state index in [-0.39, 0.29) is 0 Å². The molecule has 0 fully saturated rings. The second-order valence-corrected chi connectivity index (χ2v) is 5.74. The highest BCUT2D eigenvalue weighted by Crippen LogP contribution is 2.29. The highest BCUT2D eigenvalue weighted by Gasteiger charge is 2.10. The van der Waals surface area contributed by atoms with Crippen LogP contribution in [0.25, 0.3) is 10.9 Å². The Morgan fingerprint density at radius 2 is 1.85 bits per heavy atom. The van der Waals surface area contributed by atoms with Crippen LogP contribution in [0.2, 0.25) is 0 Å². The fourth-order valence-corrected chi connectivity index (χ4v) is 2.69. The number of nitrogens with two attached hydrogens (primary N) is 1. The number of aromatic nitrogens is 1. The molecule has 0 aliphatic heterocycles. The molecule has 2 aromatic rings. The maximum atomic E-state index is 5.60. The van der Waals surface area contributed by atoms with Gasteiger partial charge >= 0.3 is 0 Å². The summed E-state index contributed by atoms with van der Waals surface area (Å²) in [5.41, 5.74) is 11.7. The van der Waals surface area contributed by atoms with E-state index in [9.17, 15) is 0 Å². The van der Waals surface area contributed by atoms with Crippen LogP contribution in [0.3, 0.4) is 0 Å². The number of rotatable bonds is 5. The molecule has 2 rings (SSSR count). The summed E-state index contributed by atoms with van der Waals surface area (Å²) in [5, 5.41) is 1.25. The van der Waals surface area contributed by atoms with E-state index in [1.54, 1.807) is 0 Å². The van der Waals surface area contributed by atoms with Gasteiger partial charge in [-0.15, -0.1) is 0 Å². The van der Waals surface area contributed by atoms with Crippen molar-refractivity contribution >= 4 is 16.6 Å². The van der Waals surface area contributed by atoms with Gasteiger partial charge in [0.2, 0.25) is 0 Å². The largest absolute Gasteiger partial charge is 0.377 e. The van der Waals surface area contributed by atoms with E-state index in [2.05, 4.69) is 51.0 Å². The molecule has 0 aliphatic rings. The fourth-order valence-electron chi connectivity index (χ4n) is 2.69. The SMILES string of the molecule is Cc1cc(CCCCN)c2nc(C)cc(N(C)C)c2c1. The Balaban J connectivity index is 2.57. The van der Waals surface area contributed by atoms with Crippen LogP contribution in [0.4, 0.5) is 5.69 Å². The number of pyridine rings is 1. The molecule has 108 valence electrons. The molecule has 3 nitrogen and oxygen atoms in total. The normalized spacial score (nSPS) is 11.1. The van der Waals surface area contributed by atoms with Gasteiger partial charge in [0, 0.05) is 30.9 Å². The number of anilines is 1. The van der Waals surface area contributed by atoms with E-state index in [0.29, 0.717) is 0 Å². The molecule has 1 aromatic carbocycles. The maximum absolute atomic E-state index is 5.60. The summed E-state index contributed by atoms with van der Waals surface area (Å²) >= 11 is 0. The van der Waals surface area contributed by atoms with Crippen molar-refractivity contribution in [3.8, 4) is 0 Å². The van der Waals surface area contributed by atoms with Crippen LogP contribution >= 0.6 is 0 Å². The van der Waals surface area contributed by atoms with Crippen LogP contribution in [0, 0.1) is 13.8 Å². The van der Waals surface area contributed by atoms with Gasteiger partial charge in [0.15, 0.2) is 0 Å². The molecule has 0 radical (unpaired) electrons. The molecule has 1 heterocycles. The van der Waals surface area contributed by atoms with E-state index in [1.165, 1.54) is 22.2 Å². The van der Waals surface area contributed by atoms with Gasteiger partial charge in [0.05, 0.1) is 5.52 Å². The zero-order valence-electron chi connectivity index (χ0n) is 13.0. The lowest BCUT2D eigenvalue weighted by molar-refractivity contribution is 0.746. The Hall–Kier alpha value is -1.61. The first-order valence-electron chi connectivity index (χ1n) is 7.31. The first-order valence-corrected chi connectivity index (χ1v) is 7.31. The van der Waals surface area contributed by atoms with Crippen molar-refractivity contribution < 1.29 is 0 Å². The Morgan fingerprint density at radius 1 is 1.10 bits per heavy atom. The molecular formula is C17H25N3. The lowest BCUT2D eigenvalue weighted by Crippen LogP contribution is -2.10. The molecule has 0 amide bonds. The third-order valence-electron chi connectivity index (χ3n) is 3.62. The highest BCUT2D eigenvalue weighted by atomic mass is 15.1. The Morgan fingerprint density at radius 3 is 2.50 bits per heavy atom. The molecule has 0 saturated carbocycles. The van der Waals surface area contributed by atoms with Gasteiger partial charge in [-0.1, -0.05) is 11.6 Å². The Kier molecular flexibility index (Phi) is 4.61. The fraction of sp³-hybridized carbons (Fsp3) is 0.471. The number of benzene rings is 1. The van der Waals surface area contributed by atoms with E-state index < -0.39 is 0 Å². The van der Waals surface area contributed by atoms with Crippen molar-refractivity contribution in [3.63, 3.8) is 0 Å². The van der Waals surface area contributed by atoms with Crippen molar-refractivity contribution in [3.05, 3.63) is 35.0 Å². The Labute approximate surface area is 121 Å². The van der Waals surface area contributed by atoms with Crippen molar-refractivity contribution in [1.29, 1.82) is 0 Å². The number of hydrogen-bond acceptors (Lipinski definition) is 3. The minimum atomic E-state index is 0.763. The summed E-state index contributed by atoms with van der Waals surface area (Å²) in [6.45, 7) is 4.99. The van der Waals surface area contributed by atoms with Crippen LogP contribution in [0.15, 0.2) is 18.2 Å². The summed E-state index contributed by atoms with van der Waals surface area (Å²) in [6.07, 6.45) is 3.25. The van der Waals surface area contributed by atoms with E-state index in [1.807, 2.05) is 0 Å². The predicted molar refractivity (Wildman–Crippen MR) is 87.5 cm³/mol. The predicted octanol–water partition coefficient (Wildman–Crippen LogP) is 3.20. The lowest BCUT2D eigenvalue weighted by Gasteiger charge is -2.18. The molecule has 2 N–H and O–H groups in total. The number of aryl methyl sites for hydroxylation is 3. The maximum Gasteiger partial charge on any atom is 0.0758 e. The Bertz CT molecular complexity index is 603. The van der Waals surface area contributed by atoms with Crippen LogP contribution in [-0.2, 0) is 6.42 Å². The first-order chi connectivity index (χ1) is 9.52. The van der Waals surface area contributed by atoms with E-state index >= 15 is 0 Å². The summed E-state index contributed by atoms with van der Waals surface area (Å²) in [5.74, 6) is 0. The monoisotopic (exact) mass is 271 g/mol. The van der Waals surface area contributed by atoms with Gasteiger partial charge in [-0.3, -0.25) is 4.98 Å². The van der Waals surface area contributed by atoms with Crippen molar-refractivity contribution in [2.75, 3.05) is 25.5 Å². The molecule has 0 atom stereocenters. The average Bonchev–Trinajstić information content (AvgIpc) is 2.38. The van der Waals surface area contributed by atoms with Gasteiger partial charge in [0.1, 0.15) is 0 Å². The molecule has 0 spiro atoms. The topological polar surface area (TPSA) is 42.1 Å². The standard InChI is InChI=1S/C17H25N3/c1-12-9-14(7-5-6-8-18)17-15(10-12)16(20(3)4)11-13(2)19-17/h9-11H,5-8,18H2,1-4H3. The molecule has 0 aliphatic carbocycles. The molecule has 0 saturated heterocycles. The minimum Gasteiger partial charge on any atom is -0.377 e. The zero-order valence-corrected chi connectivity index (χ0v) is 13.0. The summed E-state index contributed by atoms with van der Waals surface area (Å²) < 4.78 is 0. The van der Waals surface area contributed by atoms with Crippen molar-refractivity contribution in [1.82, 2.24) is 4.98 Å². The highest BCUT2D eigenvalue weighted by molar-refractivity contribution is 5.94. The number of unbranched alkanes of at least 4 members (excludes halogenated alkanes) is 1. The summed E-state index contributed by atoms with van der Waals surface area (Å²) in [6, 6.07) is 6.67. The van der Waals surface area contributed by atoms with Gasteiger partial charge in [-0.05, 0) is 57.4 Å². The molecule has 3 heteroatoms. The van der Waals surface area contributed by atoms with E-state index in [0.717, 1.165) is 37.0 Å². The van der Waals surface area contributed by atoms with E-state index in [4.69, 9.17) is 10.7 Å². The van der Waals surface area contributed by atoms with Crippen molar-refractivity contribution in [2.24, 2.45) is 5.73 Å². The van der Waals surface area contributed by atoms with Crippen LogP contribution in [-0.4, -0.2) is 25.6 Å². The number of nitrogens with zero attached hydrogens (tertiary/aromatic N) is 2. The minimum absolute atomic E-state index is 0.763. The second kappa shape index (κ2) is 6.23. The molecular weight excluding hydrogens is 246 g/mol. The third-order valence-corrected chi connectivity index (χ3v) is 3.62. The van der Waals surface area contributed by atoms with Gasteiger partial charge < -0.3 is 10.6 Å². The van der Waals surface area contributed by atoms with Crippen LogP contribution < -0.4 is 10.6 Å². The molecule has 0 unspecified atom stereocenters. The average molecular weight is 271 g/mol. The number of hydrogen-bond donors (Lipinski definition) is 1. The van der Waals surface area contributed by atoms with Crippen molar-refractivity contribution in [2.45, 2.75) is 33.1 Å². The summed E-state index contributed by atoms with van der Waals surface area (Å²) in [7, 11) is 4.18. The number of fused-ring (bicyclic) bond motifs is 1. The zero-order chi connectivity index (χ0) is 14.7. The van der Waals surface area contributed by atoms with Gasteiger partial charge in [-0.25, -0.2) is 0 Å².